The van der Waals surface area contributed by atoms with Gasteiger partial charge in [-0.05, 0) is 59.1 Å². The molecule has 0 radical (unpaired) electrons. The molecule has 45 heavy (non-hydrogen) atoms. The average molecular weight is 618 g/mol. The Kier molecular flexibility index (Phi) is 9.44. The van der Waals surface area contributed by atoms with E-state index in [1.165, 1.54) is 5.56 Å². The van der Waals surface area contributed by atoms with Crippen molar-refractivity contribution >= 4 is 23.8 Å². The highest BCUT2D eigenvalue weighted by Crippen LogP contribution is 2.36. The molecule has 0 spiro atoms. The van der Waals surface area contributed by atoms with Gasteiger partial charge in [0.05, 0.1) is 5.56 Å². The van der Waals surface area contributed by atoms with Crippen LogP contribution in [0.5, 0.6) is 0 Å². The first kappa shape index (κ1) is 32.4. The molecule has 0 saturated carbocycles. The number of amides is 2. The van der Waals surface area contributed by atoms with Crippen LogP contribution in [0.2, 0.25) is 0 Å². The first-order valence-electron chi connectivity index (χ1n) is 16.0. The van der Waals surface area contributed by atoms with Gasteiger partial charge in [0.15, 0.2) is 0 Å². The molecule has 1 aromatic carbocycles. The van der Waals surface area contributed by atoms with Gasteiger partial charge in [-0.2, -0.15) is 5.26 Å². The van der Waals surface area contributed by atoms with Crippen LogP contribution in [-0.2, 0) is 29.0 Å². The largest absolute Gasteiger partial charge is 0.444 e. The number of fused-ring (bicyclic) bond motifs is 1. The topological polar surface area (TPSA) is 105 Å². The van der Waals surface area contributed by atoms with Crippen LogP contribution in [-0.4, -0.2) is 102 Å². The Morgan fingerprint density at radius 1 is 0.756 bits per heavy atom. The molecule has 0 N–H and O–H groups in total. The van der Waals surface area contributed by atoms with E-state index in [0.29, 0.717) is 70.3 Å². The molecule has 0 unspecified atom stereocenters. The van der Waals surface area contributed by atoms with E-state index in [1.54, 1.807) is 9.80 Å². The van der Waals surface area contributed by atoms with E-state index in [9.17, 15) is 14.9 Å². The highest BCUT2D eigenvalue weighted by molar-refractivity contribution is 5.71. The second-order valence-corrected chi connectivity index (χ2v) is 14.1. The summed E-state index contributed by atoms with van der Waals surface area (Å²) in [5, 5.41) is 10.5. The standard InChI is InChI=1S/C34H47N7O4/c1-33(2,3)44-31(42)40-18-14-38(15-19-40)29-26-12-13-37(23-25-10-8-7-9-11-25)24-28(26)27(22-35)30(36-29)39-16-20-41(21-17-39)32(43)45-34(4,5)6/h7-11H,12-21,23-24H2,1-6H3. The predicted molar refractivity (Wildman–Crippen MR) is 173 cm³/mol. The highest BCUT2D eigenvalue weighted by atomic mass is 16.6. The zero-order chi connectivity index (χ0) is 32.4. The number of nitriles is 1. The maximum Gasteiger partial charge on any atom is 0.410 e. The summed E-state index contributed by atoms with van der Waals surface area (Å²) in [6, 6.07) is 12.9. The number of aromatic nitrogens is 1. The van der Waals surface area contributed by atoms with Gasteiger partial charge in [-0.25, -0.2) is 14.6 Å². The second-order valence-electron chi connectivity index (χ2n) is 14.1. The lowest BCUT2D eigenvalue weighted by Crippen LogP contribution is -2.51. The third kappa shape index (κ3) is 7.98. The number of carbonyl (C=O) groups is 2. The Bertz CT molecular complexity index is 1410. The summed E-state index contributed by atoms with van der Waals surface area (Å²) in [6.07, 6.45) is 0.177. The van der Waals surface area contributed by atoms with E-state index in [4.69, 9.17) is 14.5 Å². The van der Waals surface area contributed by atoms with E-state index in [1.807, 2.05) is 47.6 Å². The summed E-state index contributed by atoms with van der Waals surface area (Å²) in [5.74, 6) is 1.57. The Labute approximate surface area is 267 Å². The third-order valence-electron chi connectivity index (χ3n) is 8.25. The number of pyridine rings is 1. The summed E-state index contributed by atoms with van der Waals surface area (Å²) < 4.78 is 11.2. The fraction of sp³-hybridized carbons (Fsp3) is 0.588. The molecule has 2 saturated heterocycles. The van der Waals surface area contributed by atoms with Crippen LogP contribution in [0.1, 0.15) is 63.8 Å². The summed E-state index contributed by atoms with van der Waals surface area (Å²) in [6.45, 7) is 18.0. The number of ether oxygens (including phenoxy) is 2. The minimum absolute atomic E-state index is 0.294. The maximum atomic E-state index is 12.8. The van der Waals surface area contributed by atoms with Crippen molar-refractivity contribution < 1.29 is 19.1 Å². The van der Waals surface area contributed by atoms with E-state index in [2.05, 4.69) is 45.0 Å². The number of carbonyl (C=O) groups excluding carboxylic acids is 2. The fourth-order valence-corrected chi connectivity index (χ4v) is 6.09. The van der Waals surface area contributed by atoms with E-state index in [0.717, 1.165) is 36.5 Å². The molecule has 3 aliphatic heterocycles. The van der Waals surface area contributed by atoms with Gasteiger partial charge in [0, 0.05) is 77.6 Å². The molecule has 2 fully saturated rings. The molecule has 4 heterocycles. The van der Waals surface area contributed by atoms with Gasteiger partial charge in [-0.3, -0.25) is 4.90 Å². The normalized spacial score (nSPS) is 17.9. The molecule has 1 aromatic heterocycles. The van der Waals surface area contributed by atoms with Crippen molar-refractivity contribution in [2.75, 3.05) is 68.7 Å². The van der Waals surface area contributed by atoms with Gasteiger partial charge < -0.3 is 29.1 Å². The average Bonchev–Trinajstić information content (AvgIpc) is 2.99. The molecule has 11 nitrogen and oxygen atoms in total. The SMILES string of the molecule is CC(C)(C)OC(=O)N1CCN(c2nc(N3CCN(C(=O)OC(C)(C)C)CC3)c3c(c2C#N)CN(Cc2ccccc2)CC3)CC1. The number of anilines is 2. The molecule has 0 aliphatic carbocycles. The molecule has 0 atom stereocenters. The zero-order valence-electron chi connectivity index (χ0n) is 27.6. The van der Waals surface area contributed by atoms with Crippen molar-refractivity contribution in [1.82, 2.24) is 19.7 Å². The molecule has 5 rings (SSSR count). The Morgan fingerprint density at radius 2 is 1.27 bits per heavy atom. The van der Waals surface area contributed by atoms with Gasteiger partial charge in [-0.1, -0.05) is 30.3 Å². The van der Waals surface area contributed by atoms with Crippen molar-refractivity contribution in [3.05, 3.63) is 52.6 Å². The maximum absolute atomic E-state index is 12.8. The summed E-state index contributed by atoms with van der Waals surface area (Å²) in [5.41, 5.74) is 2.91. The molecular weight excluding hydrogens is 570 g/mol. The van der Waals surface area contributed by atoms with Crippen LogP contribution in [0, 0.1) is 11.3 Å². The summed E-state index contributed by atoms with van der Waals surface area (Å²) >= 11 is 0. The molecule has 2 aromatic rings. The quantitative estimate of drug-likeness (QED) is 0.486. The molecular formula is C34H47N7O4. The number of benzene rings is 1. The number of nitrogens with zero attached hydrogens (tertiary/aromatic N) is 7. The van der Waals surface area contributed by atoms with Crippen LogP contribution in [0.4, 0.5) is 21.2 Å². The van der Waals surface area contributed by atoms with Crippen molar-refractivity contribution in [2.45, 2.75) is 72.3 Å². The van der Waals surface area contributed by atoms with Gasteiger partial charge in [-0.15, -0.1) is 0 Å². The molecule has 0 bridgehead atoms. The minimum Gasteiger partial charge on any atom is -0.444 e. The monoisotopic (exact) mass is 617 g/mol. The van der Waals surface area contributed by atoms with Crippen LogP contribution in [0.15, 0.2) is 30.3 Å². The van der Waals surface area contributed by atoms with E-state index in [-0.39, 0.29) is 12.2 Å². The van der Waals surface area contributed by atoms with Crippen LogP contribution < -0.4 is 9.80 Å². The van der Waals surface area contributed by atoms with E-state index >= 15 is 0 Å². The van der Waals surface area contributed by atoms with Crippen LogP contribution >= 0.6 is 0 Å². The van der Waals surface area contributed by atoms with Crippen molar-refractivity contribution in [2.24, 2.45) is 0 Å². The van der Waals surface area contributed by atoms with Crippen LogP contribution in [0.3, 0.4) is 0 Å². The minimum atomic E-state index is -0.559. The summed E-state index contributed by atoms with van der Waals surface area (Å²) in [7, 11) is 0. The van der Waals surface area contributed by atoms with Crippen molar-refractivity contribution in [1.29, 1.82) is 5.26 Å². The van der Waals surface area contributed by atoms with Gasteiger partial charge in [0.2, 0.25) is 0 Å². The second kappa shape index (κ2) is 13.1. The Morgan fingerprint density at radius 3 is 1.76 bits per heavy atom. The number of hydrogen-bond acceptors (Lipinski definition) is 9. The van der Waals surface area contributed by atoms with Crippen LogP contribution in [0.25, 0.3) is 0 Å². The number of piperazine rings is 2. The lowest BCUT2D eigenvalue weighted by atomic mass is 9.94. The first-order valence-corrected chi connectivity index (χ1v) is 16.0. The lowest BCUT2D eigenvalue weighted by Gasteiger charge is -2.40. The number of hydrogen-bond donors (Lipinski definition) is 0. The van der Waals surface area contributed by atoms with Gasteiger partial charge in [0.25, 0.3) is 0 Å². The fourth-order valence-electron chi connectivity index (χ4n) is 6.09. The smallest absolute Gasteiger partial charge is 0.410 e. The van der Waals surface area contributed by atoms with Gasteiger partial charge >= 0.3 is 12.2 Å². The van der Waals surface area contributed by atoms with Crippen molar-refractivity contribution in [3.63, 3.8) is 0 Å². The third-order valence-corrected chi connectivity index (χ3v) is 8.25. The van der Waals surface area contributed by atoms with Crippen molar-refractivity contribution in [3.8, 4) is 6.07 Å². The number of rotatable bonds is 4. The van der Waals surface area contributed by atoms with Gasteiger partial charge in [0.1, 0.15) is 28.9 Å². The summed E-state index contributed by atoms with van der Waals surface area (Å²) in [4.78, 5) is 41.0. The lowest BCUT2D eigenvalue weighted by molar-refractivity contribution is 0.0230. The first-order chi connectivity index (χ1) is 21.3. The predicted octanol–water partition coefficient (Wildman–Crippen LogP) is 4.63. The molecule has 11 heteroatoms. The highest BCUT2D eigenvalue weighted by Gasteiger charge is 2.34. The molecule has 242 valence electrons. The molecule has 3 aliphatic rings. The Hall–Kier alpha value is -4.04. The zero-order valence-corrected chi connectivity index (χ0v) is 27.6. The van der Waals surface area contributed by atoms with E-state index < -0.39 is 11.2 Å². The molecule has 2 amide bonds. The Balaban J connectivity index is 1.41.